The van der Waals surface area contributed by atoms with Gasteiger partial charge in [-0.25, -0.2) is 5.43 Å². The molecule has 3 rings (SSSR count). The van der Waals surface area contributed by atoms with Gasteiger partial charge in [-0.2, -0.15) is 5.10 Å². The Kier molecular flexibility index (Phi) is 7.43. The first-order valence-corrected chi connectivity index (χ1v) is 10.5. The molecule has 3 aromatic rings. The maximum atomic E-state index is 12.1. The molecule has 1 N–H and O–H groups in total. The SMILES string of the molecule is CC(CCc1ccccc1)=NNC(=O)CSc1nnc(-c2ccc(Cl)cc2)n1C. The van der Waals surface area contributed by atoms with Gasteiger partial charge < -0.3 is 4.57 Å². The summed E-state index contributed by atoms with van der Waals surface area (Å²) >= 11 is 7.25. The Labute approximate surface area is 179 Å². The van der Waals surface area contributed by atoms with Crippen molar-refractivity contribution in [3.8, 4) is 11.4 Å². The van der Waals surface area contributed by atoms with Crippen LogP contribution < -0.4 is 5.43 Å². The number of aromatic nitrogens is 3. The van der Waals surface area contributed by atoms with Gasteiger partial charge in [0.1, 0.15) is 0 Å². The van der Waals surface area contributed by atoms with Crippen molar-refractivity contribution in [2.24, 2.45) is 12.1 Å². The first kappa shape index (κ1) is 21.1. The van der Waals surface area contributed by atoms with Crippen LogP contribution in [0.25, 0.3) is 11.4 Å². The Bertz CT molecular complexity index is 986. The molecule has 0 saturated heterocycles. The highest BCUT2D eigenvalue weighted by Crippen LogP contribution is 2.23. The van der Waals surface area contributed by atoms with Crippen molar-refractivity contribution in [1.29, 1.82) is 0 Å². The van der Waals surface area contributed by atoms with E-state index < -0.39 is 0 Å². The van der Waals surface area contributed by atoms with Crippen LogP contribution in [0.5, 0.6) is 0 Å². The second-order valence-corrected chi connectivity index (χ2v) is 7.91. The lowest BCUT2D eigenvalue weighted by Gasteiger charge is -2.05. The van der Waals surface area contributed by atoms with Gasteiger partial charge in [-0.3, -0.25) is 4.79 Å². The molecule has 0 aliphatic heterocycles. The minimum atomic E-state index is -0.176. The number of hydrogen-bond acceptors (Lipinski definition) is 5. The number of aryl methyl sites for hydroxylation is 1. The number of hydrogen-bond donors (Lipinski definition) is 1. The molecule has 0 unspecified atom stereocenters. The van der Waals surface area contributed by atoms with Gasteiger partial charge >= 0.3 is 0 Å². The number of amides is 1. The third-order valence-corrected chi connectivity index (χ3v) is 5.53. The largest absolute Gasteiger partial charge is 0.305 e. The number of carbonyl (C=O) groups excluding carboxylic acids is 1. The fourth-order valence-electron chi connectivity index (χ4n) is 2.64. The van der Waals surface area contributed by atoms with Crippen LogP contribution in [0.3, 0.4) is 0 Å². The predicted octanol–water partition coefficient (Wildman–Crippen LogP) is 4.35. The molecule has 0 bridgehead atoms. The summed E-state index contributed by atoms with van der Waals surface area (Å²) in [6, 6.07) is 17.6. The summed E-state index contributed by atoms with van der Waals surface area (Å²) in [7, 11) is 1.87. The van der Waals surface area contributed by atoms with Crippen LogP contribution in [0.2, 0.25) is 5.02 Å². The first-order valence-electron chi connectivity index (χ1n) is 9.17. The molecule has 0 aliphatic rings. The molecular formula is C21H22ClN5OS. The summed E-state index contributed by atoms with van der Waals surface area (Å²) < 4.78 is 1.86. The second-order valence-electron chi connectivity index (χ2n) is 6.53. The van der Waals surface area contributed by atoms with Crippen LogP contribution in [0.4, 0.5) is 0 Å². The molecule has 0 aliphatic carbocycles. The van der Waals surface area contributed by atoms with Crippen LogP contribution in [-0.2, 0) is 18.3 Å². The number of rotatable bonds is 8. The smallest absolute Gasteiger partial charge is 0.250 e. The van der Waals surface area contributed by atoms with E-state index in [1.807, 2.05) is 61.0 Å². The molecule has 1 amide bonds. The average Bonchev–Trinajstić information content (AvgIpc) is 3.11. The van der Waals surface area contributed by atoms with Gasteiger partial charge in [0.2, 0.25) is 0 Å². The van der Waals surface area contributed by atoms with E-state index in [-0.39, 0.29) is 11.7 Å². The van der Waals surface area contributed by atoms with Crippen molar-refractivity contribution >= 4 is 35.0 Å². The molecule has 29 heavy (non-hydrogen) atoms. The van der Waals surface area contributed by atoms with Crippen molar-refractivity contribution < 1.29 is 4.79 Å². The number of hydrazone groups is 1. The Morgan fingerprint density at radius 1 is 1.14 bits per heavy atom. The molecule has 1 aromatic heterocycles. The molecule has 1 heterocycles. The summed E-state index contributed by atoms with van der Waals surface area (Å²) in [4.78, 5) is 12.1. The number of benzene rings is 2. The van der Waals surface area contributed by atoms with Crippen molar-refractivity contribution in [1.82, 2.24) is 20.2 Å². The lowest BCUT2D eigenvalue weighted by molar-refractivity contribution is -0.118. The number of nitrogens with zero attached hydrogens (tertiary/aromatic N) is 4. The number of halogens is 1. The van der Waals surface area contributed by atoms with E-state index in [1.54, 1.807) is 0 Å². The summed E-state index contributed by atoms with van der Waals surface area (Å²) in [5.41, 5.74) is 5.66. The van der Waals surface area contributed by atoms with E-state index in [0.717, 1.165) is 29.9 Å². The number of nitrogens with one attached hydrogen (secondary N) is 1. The lowest BCUT2D eigenvalue weighted by atomic mass is 10.1. The molecule has 0 fully saturated rings. The van der Waals surface area contributed by atoms with Crippen LogP contribution in [0.1, 0.15) is 18.9 Å². The maximum absolute atomic E-state index is 12.1. The first-order chi connectivity index (χ1) is 14.0. The van der Waals surface area contributed by atoms with E-state index >= 15 is 0 Å². The van der Waals surface area contributed by atoms with Crippen LogP contribution in [0.15, 0.2) is 64.9 Å². The Morgan fingerprint density at radius 3 is 2.59 bits per heavy atom. The zero-order chi connectivity index (χ0) is 20.6. The van der Waals surface area contributed by atoms with Gasteiger partial charge in [0.15, 0.2) is 11.0 Å². The summed E-state index contributed by atoms with van der Waals surface area (Å²) in [5.74, 6) is 0.756. The zero-order valence-corrected chi connectivity index (χ0v) is 17.9. The minimum Gasteiger partial charge on any atom is -0.305 e. The van der Waals surface area contributed by atoms with Gasteiger partial charge in [-0.15, -0.1) is 10.2 Å². The number of thioether (sulfide) groups is 1. The van der Waals surface area contributed by atoms with Gasteiger partial charge in [-0.1, -0.05) is 53.7 Å². The molecular weight excluding hydrogens is 406 g/mol. The van der Waals surface area contributed by atoms with Crippen molar-refractivity contribution in [3.05, 3.63) is 65.2 Å². The lowest BCUT2D eigenvalue weighted by Crippen LogP contribution is -2.21. The maximum Gasteiger partial charge on any atom is 0.250 e. The standard InChI is InChI=1S/C21H22ClN5OS/c1-15(8-9-16-6-4-3-5-7-16)23-24-19(28)14-29-21-26-25-20(27(21)2)17-10-12-18(22)13-11-17/h3-7,10-13H,8-9,14H2,1-2H3,(H,24,28). The molecule has 6 nitrogen and oxygen atoms in total. The van der Waals surface area contributed by atoms with Crippen molar-refractivity contribution in [2.75, 3.05) is 5.75 Å². The molecule has 2 aromatic carbocycles. The van der Waals surface area contributed by atoms with Crippen LogP contribution >= 0.6 is 23.4 Å². The van der Waals surface area contributed by atoms with Crippen molar-refractivity contribution in [3.63, 3.8) is 0 Å². The summed E-state index contributed by atoms with van der Waals surface area (Å²) in [6.07, 6.45) is 1.69. The normalized spacial score (nSPS) is 11.5. The van der Waals surface area contributed by atoms with E-state index in [4.69, 9.17) is 11.6 Å². The molecule has 0 saturated carbocycles. The Hall–Kier alpha value is -2.64. The molecule has 8 heteroatoms. The fraction of sp³-hybridized carbons (Fsp3) is 0.238. The van der Waals surface area contributed by atoms with Crippen molar-refractivity contribution in [2.45, 2.75) is 24.9 Å². The van der Waals surface area contributed by atoms with E-state index in [9.17, 15) is 4.79 Å². The highest BCUT2D eigenvalue weighted by molar-refractivity contribution is 7.99. The summed E-state index contributed by atoms with van der Waals surface area (Å²) in [6.45, 7) is 1.91. The predicted molar refractivity (Wildman–Crippen MR) is 118 cm³/mol. The van der Waals surface area contributed by atoms with Gasteiger partial charge in [0.05, 0.1) is 5.75 Å². The quantitative estimate of drug-likeness (QED) is 0.329. The third-order valence-electron chi connectivity index (χ3n) is 4.26. The molecule has 150 valence electrons. The van der Waals surface area contributed by atoms with Crippen LogP contribution in [0, 0.1) is 0 Å². The highest BCUT2D eigenvalue weighted by atomic mass is 35.5. The minimum absolute atomic E-state index is 0.176. The zero-order valence-electron chi connectivity index (χ0n) is 16.3. The highest BCUT2D eigenvalue weighted by Gasteiger charge is 2.12. The molecule has 0 spiro atoms. The van der Waals surface area contributed by atoms with E-state index in [0.29, 0.717) is 10.2 Å². The molecule has 0 radical (unpaired) electrons. The molecule has 0 atom stereocenters. The van der Waals surface area contributed by atoms with Gasteiger partial charge in [0.25, 0.3) is 5.91 Å². The van der Waals surface area contributed by atoms with E-state index in [2.05, 4.69) is 32.9 Å². The van der Waals surface area contributed by atoms with Gasteiger partial charge in [0, 0.05) is 23.3 Å². The van der Waals surface area contributed by atoms with Gasteiger partial charge in [-0.05, 0) is 49.6 Å². The van der Waals surface area contributed by atoms with E-state index in [1.165, 1.54) is 17.3 Å². The third kappa shape index (κ3) is 6.17. The monoisotopic (exact) mass is 427 g/mol. The average molecular weight is 428 g/mol. The second kappa shape index (κ2) is 10.2. The van der Waals surface area contributed by atoms with Crippen LogP contribution in [-0.4, -0.2) is 32.1 Å². The fourth-order valence-corrected chi connectivity index (χ4v) is 3.47. The summed E-state index contributed by atoms with van der Waals surface area (Å²) in [5, 5.41) is 13.9. The Morgan fingerprint density at radius 2 is 1.86 bits per heavy atom. The Balaban J connectivity index is 1.48. The number of carbonyl (C=O) groups is 1. The topological polar surface area (TPSA) is 72.2 Å².